The van der Waals surface area contributed by atoms with Crippen LogP contribution in [-0.4, -0.2) is 53.2 Å². The third-order valence-electron chi connectivity index (χ3n) is 5.26. The maximum Gasteiger partial charge on any atom is 0.253 e. The fourth-order valence-electron chi connectivity index (χ4n) is 3.65. The molecule has 1 aromatic carbocycles. The summed E-state index contributed by atoms with van der Waals surface area (Å²) in [5.74, 6) is 0.281. The summed E-state index contributed by atoms with van der Waals surface area (Å²) in [7, 11) is 1.61. The number of nitrogens with zero attached hydrogens (tertiary/aromatic N) is 2. The summed E-state index contributed by atoms with van der Waals surface area (Å²) in [4.78, 5) is 28.1. The molecule has 2 unspecified atom stereocenters. The molecule has 6 heteroatoms. The Labute approximate surface area is 142 Å². The van der Waals surface area contributed by atoms with Crippen molar-refractivity contribution < 1.29 is 9.59 Å². The minimum atomic E-state index is -0.476. The summed E-state index contributed by atoms with van der Waals surface area (Å²) in [5, 5.41) is 11.2. The minimum absolute atomic E-state index is 0.0400. The number of piperidine rings is 1. The first-order chi connectivity index (χ1) is 11.4. The Morgan fingerprint density at radius 3 is 2.71 bits per heavy atom. The Morgan fingerprint density at radius 1 is 1.33 bits per heavy atom. The van der Waals surface area contributed by atoms with Gasteiger partial charge >= 0.3 is 0 Å². The number of carbonyl (C=O) groups is 2. The van der Waals surface area contributed by atoms with Gasteiger partial charge in [-0.05, 0) is 37.8 Å². The molecule has 3 rings (SSSR count). The average molecular weight is 328 g/mol. The zero-order chi connectivity index (χ0) is 17.3. The van der Waals surface area contributed by atoms with Crippen LogP contribution in [0.2, 0.25) is 0 Å². The van der Waals surface area contributed by atoms with Gasteiger partial charge in [-0.25, -0.2) is 0 Å². The lowest BCUT2D eigenvalue weighted by molar-refractivity contribution is -0.130. The third-order valence-corrected chi connectivity index (χ3v) is 5.26. The average Bonchev–Trinajstić information content (AvgIpc) is 2.60. The summed E-state index contributed by atoms with van der Waals surface area (Å²) >= 11 is 0. The van der Waals surface area contributed by atoms with Crippen molar-refractivity contribution >= 4 is 17.8 Å². The van der Waals surface area contributed by atoms with Crippen LogP contribution in [0.3, 0.4) is 0 Å². The molecule has 1 aromatic rings. The largest absolute Gasteiger partial charge is 0.350 e. The van der Waals surface area contributed by atoms with Gasteiger partial charge in [-0.2, -0.15) is 0 Å². The van der Waals surface area contributed by atoms with Crippen molar-refractivity contribution in [3.05, 3.63) is 35.9 Å². The molecule has 6 nitrogen and oxygen atoms in total. The molecule has 2 heterocycles. The monoisotopic (exact) mass is 328 g/mol. The Kier molecular flexibility index (Phi) is 4.30. The molecule has 0 saturated carbocycles. The van der Waals surface area contributed by atoms with Crippen LogP contribution in [0.4, 0.5) is 0 Å². The van der Waals surface area contributed by atoms with Crippen LogP contribution in [0.1, 0.15) is 36.5 Å². The van der Waals surface area contributed by atoms with E-state index in [1.165, 1.54) is 4.90 Å². The molecule has 2 aliphatic rings. The lowest BCUT2D eigenvalue weighted by Gasteiger charge is -2.47. The number of likely N-dealkylation sites (tertiary alicyclic amines) is 1. The van der Waals surface area contributed by atoms with E-state index in [0.717, 1.165) is 19.4 Å². The molecular weight excluding hydrogens is 304 g/mol. The van der Waals surface area contributed by atoms with E-state index in [1.54, 1.807) is 7.05 Å². The molecular formula is C18H24N4O2. The Balaban J connectivity index is 1.75. The van der Waals surface area contributed by atoms with E-state index in [2.05, 4.69) is 5.32 Å². The van der Waals surface area contributed by atoms with Crippen LogP contribution in [0, 0.1) is 11.3 Å². The van der Waals surface area contributed by atoms with Gasteiger partial charge in [0.05, 0.1) is 12.0 Å². The number of guanidine groups is 1. The van der Waals surface area contributed by atoms with Crippen molar-refractivity contribution in [2.75, 3.05) is 20.1 Å². The zero-order valence-electron chi connectivity index (χ0n) is 14.2. The molecule has 0 aliphatic carbocycles. The van der Waals surface area contributed by atoms with Gasteiger partial charge in [-0.1, -0.05) is 18.2 Å². The number of rotatable bonds is 2. The maximum atomic E-state index is 12.7. The van der Waals surface area contributed by atoms with E-state index in [4.69, 9.17) is 5.41 Å². The van der Waals surface area contributed by atoms with Gasteiger partial charge < -0.3 is 10.2 Å². The van der Waals surface area contributed by atoms with Crippen molar-refractivity contribution in [2.45, 2.75) is 31.7 Å². The number of benzene rings is 1. The topological polar surface area (TPSA) is 76.5 Å². The predicted molar refractivity (Wildman–Crippen MR) is 91.7 cm³/mol. The van der Waals surface area contributed by atoms with Gasteiger partial charge in [0.1, 0.15) is 0 Å². The highest BCUT2D eigenvalue weighted by Crippen LogP contribution is 2.32. The number of hydrogen-bond donors (Lipinski definition) is 2. The normalized spacial score (nSPS) is 27.8. The van der Waals surface area contributed by atoms with Crippen molar-refractivity contribution in [1.29, 1.82) is 5.41 Å². The lowest BCUT2D eigenvalue weighted by Crippen LogP contribution is -2.65. The molecule has 2 amide bonds. The highest BCUT2D eigenvalue weighted by Gasteiger charge is 2.44. The van der Waals surface area contributed by atoms with Gasteiger partial charge in [0.2, 0.25) is 5.91 Å². The number of carbonyl (C=O) groups excluding carboxylic acids is 2. The van der Waals surface area contributed by atoms with Gasteiger partial charge in [0, 0.05) is 25.7 Å². The minimum Gasteiger partial charge on any atom is -0.350 e. The van der Waals surface area contributed by atoms with E-state index in [1.807, 2.05) is 42.2 Å². The van der Waals surface area contributed by atoms with Crippen LogP contribution in [-0.2, 0) is 4.79 Å². The molecule has 0 bridgehead atoms. The first-order valence-corrected chi connectivity index (χ1v) is 8.38. The van der Waals surface area contributed by atoms with Crippen molar-refractivity contribution in [2.24, 2.45) is 5.92 Å². The predicted octanol–water partition coefficient (Wildman–Crippen LogP) is 1.68. The van der Waals surface area contributed by atoms with E-state index >= 15 is 0 Å². The third kappa shape index (κ3) is 3.00. The summed E-state index contributed by atoms with van der Waals surface area (Å²) in [6.45, 7) is 3.35. The highest BCUT2D eigenvalue weighted by atomic mass is 16.2. The Morgan fingerprint density at radius 2 is 2.04 bits per heavy atom. The van der Waals surface area contributed by atoms with Gasteiger partial charge in [0.25, 0.3) is 5.91 Å². The maximum absolute atomic E-state index is 12.7. The summed E-state index contributed by atoms with van der Waals surface area (Å²) in [6, 6.07) is 9.31. The van der Waals surface area contributed by atoms with Gasteiger partial charge in [0.15, 0.2) is 5.96 Å². The molecule has 2 saturated heterocycles. The lowest BCUT2D eigenvalue weighted by atomic mass is 9.76. The fourth-order valence-corrected chi connectivity index (χ4v) is 3.65. The van der Waals surface area contributed by atoms with Crippen molar-refractivity contribution in [3.8, 4) is 0 Å². The second kappa shape index (κ2) is 6.26. The summed E-state index contributed by atoms with van der Waals surface area (Å²) in [6.07, 6.45) is 2.22. The number of amides is 2. The van der Waals surface area contributed by atoms with Crippen molar-refractivity contribution in [1.82, 2.24) is 15.1 Å². The van der Waals surface area contributed by atoms with E-state index < -0.39 is 5.54 Å². The summed E-state index contributed by atoms with van der Waals surface area (Å²) in [5.41, 5.74) is 0.222. The highest BCUT2D eigenvalue weighted by molar-refractivity contribution is 5.99. The first kappa shape index (κ1) is 16.5. The van der Waals surface area contributed by atoms with Gasteiger partial charge in [-0.3, -0.25) is 19.9 Å². The van der Waals surface area contributed by atoms with Gasteiger partial charge in [-0.15, -0.1) is 0 Å². The van der Waals surface area contributed by atoms with Crippen LogP contribution >= 0.6 is 0 Å². The van der Waals surface area contributed by atoms with Crippen molar-refractivity contribution in [3.63, 3.8) is 0 Å². The smallest absolute Gasteiger partial charge is 0.253 e. The molecule has 128 valence electrons. The molecule has 0 aromatic heterocycles. The fraction of sp³-hybridized carbons (Fsp3) is 0.500. The molecule has 2 atom stereocenters. The number of nitrogens with one attached hydrogen (secondary N) is 2. The molecule has 2 aliphatic heterocycles. The van der Waals surface area contributed by atoms with Crippen LogP contribution < -0.4 is 5.32 Å². The van der Waals surface area contributed by atoms with E-state index in [-0.39, 0.29) is 23.7 Å². The molecule has 0 radical (unpaired) electrons. The van der Waals surface area contributed by atoms with E-state index in [0.29, 0.717) is 18.5 Å². The second-order valence-electron chi connectivity index (χ2n) is 6.98. The quantitative estimate of drug-likeness (QED) is 0.867. The molecule has 2 N–H and O–H groups in total. The first-order valence-electron chi connectivity index (χ1n) is 8.38. The Bertz CT molecular complexity index is 640. The number of hydrogen-bond acceptors (Lipinski definition) is 3. The standard InChI is InChI=1S/C18H24N4O2/c1-18(11-15(23)21(2)17(19)20-18)14-9-6-10-22(12-14)16(24)13-7-4-3-5-8-13/h3-5,7-8,14H,6,9-12H2,1-2H3,(H2,19,20). The van der Waals surface area contributed by atoms with Crippen LogP contribution in [0.5, 0.6) is 0 Å². The Hall–Kier alpha value is -2.37. The molecule has 0 spiro atoms. The SMILES string of the molecule is CN1C(=N)NC(C)(C2CCCN(C(=O)c3ccccc3)C2)CC1=O. The summed E-state index contributed by atoms with van der Waals surface area (Å²) < 4.78 is 0. The zero-order valence-corrected chi connectivity index (χ0v) is 14.2. The van der Waals surface area contributed by atoms with Crippen LogP contribution in [0.25, 0.3) is 0 Å². The molecule has 24 heavy (non-hydrogen) atoms. The van der Waals surface area contributed by atoms with E-state index in [9.17, 15) is 9.59 Å². The molecule has 2 fully saturated rings. The van der Waals surface area contributed by atoms with Crippen LogP contribution in [0.15, 0.2) is 30.3 Å². The second-order valence-corrected chi connectivity index (χ2v) is 6.98.